The van der Waals surface area contributed by atoms with Crippen molar-refractivity contribution in [3.05, 3.63) is 82.3 Å². The van der Waals surface area contributed by atoms with Crippen LogP contribution in [0.5, 0.6) is 0 Å². The standard InChI is InChI=1S/C24H21ClFNO4/c1-13-17-5-3-4-6-20(17)31-22(13)23(28)27-16-9-7-14(11-16)21(24(29)30-2)18-10-8-15(26)12-19(18)25/h3-10,12,14,16,21H,11H2,1-2H3,(H,27,28)/t14-,16+,21-/m0/s1. The summed E-state index contributed by atoms with van der Waals surface area (Å²) in [6, 6.07) is 11.1. The number of carbonyl (C=O) groups is 2. The van der Waals surface area contributed by atoms with Crippen LogP contribution in [0.25, 0.3) is 11.0 Å². The molecule has 2 aromatic carbocycles. The lowest BCUT2D eigenvalue weighted by atomic mass is 9.85. The monoisotopic (exact) mass is 441 g/mol. The molecule has 31 heavy (non-hydrogen) atoms. The Morgan fingerprint density at radius 1 is 1.23 bits per heavy atom. The van der Waals surface area contributed by atoms with Gasteiger partial charge in [-0.15, -0.1) is 0 Å². The Balaban J connectivity index is 1.52. The zero-order valence-corrected chi connectivity index (χ0v) is 17.8. The van der Waals surface area contributed by atoms with Crippen molar-refractivity contribution in [1.29, 1.82) is 0 Å². The van der Waals surface area contributed by atoms with E-state index in [9.17, 15) is 14.0 Å². The fourth-order valence-electron chi connectivity index (χ4n) is 4.12. The number of esters is 1. The molecule has 0 radical (unpaired) electrons. The number of amides is 1. The highest BCUT2D eigenvalue weighted by Crippen LogP contribution is 2.38. The van der Waals surface area contributed by atoms with Gasteiger partial charge in [-0.25, -0.2) is 4.39 Å². The van der Waals surface area contributed by atoms with Crippen LogP contribution in [0.2, 0.25) is 5.02 Å². The normalized spacial score (nSPS) is 18.8. The first kappa shape index (κ1) is 21.1. The molecule has 1 aliphatic rings. The van der Waals surface area contributed by atoms with Crippen LogP contribution in [0.3, 0.4) is 0 Å². The van der Waals surface area contributed by atoms with Gasteiger partial charge in [-0.1, -0.05) is 48.0 Å². The van der Waals surface area contributed by atoms with Crippen LogP contribution in [0.1, 0.15) is 34.0 Å². The number of para-hydroxylation sites is 1. The maximum Gasteiger partial charge on any atom is 0.313 e. The number of furan rings is 1. The van der Waals surface area contributed by atoms with Crippen LogP contribution in [0, 0.1) is 18.7 Å². The predicted octanol–water partition coefficient (Wildman–Crippen LogP) is 5.17. The maximum atomic E-state index is 13.5. The lowest BCUT2D eigenvalue weighted by Gasteiger charge is -2.23. The van der Waals surface area contributed by atoms with Gasteiger partial charge < -0.3 is 14.5 Å². The molecule has 0 saturated carbocycles. The van der Waals surface area contributed by atoms with Crippen LogP contribution in [-0.2, 0) is 9.53 Å². The van der Waals surface area contributed by atoms with Gasteiger partial charge in [0.1, 0.15) is 11.4 Å². The number of aryl methyl sites for hydroxylation is 1. The van der Waals surface area contributed by atoms with Gasteiger partial charge in [-0.2, -0.15) is 0 Å². The summed E-state index contributed by atoms with van der Waals surface area (Å²) < 4.78 is 24.2. The van der Waals surface area contributed by atoms with Crippen molar-refractivity contribution in [2.75, 3.05) is 7.11 Å². The average Bonchev–Trinajstić information content (AvgIpc) is 3.34. The van der Waals surface area contributed by atoms with Gasteiger partial charge in [0.2, 0.25) is 0 Å². The second kappa shape index (κ2) is 8.55. The van der Waals surface area contributed by atoms with Crippen LogP contribution in [0.15, 0.2) is 59.0 Å². The Labute approximate surface area is 183 Å². The number of rotatable bonds is 5. The predicted molar refractivity (Wildman–Crippen MR) is 116 cm³/mol. The molecule has 1 aromatic heterocycles. The number of hydrogen-bond donors (Lipinski definition) is 1. The topological polar surface area (TPSA) is 68.5 Å². The number of ether oxygens (including phenoxy) is 1. The first-order chi connectivity index (χ1) is 14.9. The first-order valence-corrected chi connectivity index (χ1v) is 10.3. The van der Waals surface area contributed by atoms with E-state index in [1.807, 2.05) is 43.3 Å². The zero-order valence-electron chi connectivity index (χ0n) is 17.0. The number of hydrogen-bond acceptors (Lipinski definition) is 4. The molecule has 0 unspecified atom stereocenters. The van der Waals surface area contributed by atoms with Crippen molar-refractivity contribution in [3.8, 4) is 0 Å². The van der Waals surface area contributed by atoms with Gasteiger partial charge in [0.15, 0.2) is 5.76 Å². The van der Waals surface area contributed by atoms with Crippen LogP contribution >= 0.6 is 11.6 Å². The third kappa shape index (κ3) is 4.08. The van der Waals surface area contributed by atoms with E-state index < -0.39 is 17.7 Å². The number of allylic oxidation sites excluding steroid dienone is 1. The summed E-state index contributed by atoms with van der Waals surface area (Å²) in [5.41, 5.74) is 1.92. The molecule has 3 atom stereocenters. The highest BCUT2D eigenvalue weighted by molar-refractivity contribution is 6.31. The van der Waals surface area contributed by atoms with Crippen molar-refractivity contribution in [2.24, 2.45) is 5.92 Å². The third-order valence-electron chi connectivity index (χ3n) is 5.66. The van der Waals surface area contributed by atoms with Gasteiger partial charge in [0.05, 0.1) is 13.0 Å². The number of halogens is 2. The molecule has 3 aromatic rings. The van der Waals surface area contributed by atoms with Gasteiger partial charge in [-0.3, -0.25) is 9.59 Å². The van der Waals surface area contributed by atoms with E-state index in [-0.39, 0.29) is 28.6 Å². The summed E-state index contributed by atoms with van der Waals surface area (Å²) in [6.45, 7) is 1.85. The summed E-state index contributed by atoms with van der Waals surface area (Å²) in [6.07, 6.45) is 4.17. The SMILES string of the molecule is COC(=O)[C@H](c1ccc(F)cc1Cl)[C@H]1C=C[C@@H](NC(=O)c2oc3ccccc3c2C)C1. The molecule has 1 heterocycles. The molecule has 1 aliphatic carbocycles. The molecule has 7 heteroatoms. The molecule has 5 nitrogen and oxygen atoms in total. The van der Waals surface area contributed by atoms with Gasteiger partial charge in [0, 0.05) is 22.0 Å². The van der Waals surface area contributed by atoms with Crippen molar-refractivity contribution < 1.29 is 23.1 Å². The molecular formula is C24H21ClFNO4. The molecule has 0 saturated heterocycles. The smallest absolute Gasteiger partial charge is 0.313 e. The summed E-state index contributed by atoms with van der Waals surface area (Å²) in [7, 11) is 1.30. The van der Waals surface area contributed by atoms with E-state index in [1.54, 1.807) is 0 Å². The minimum absolute atomic E-state index is 0.161. The summed E-state index contributed by atoms with van der Waals surface area (Å²) >= 11 is 6.21. The number of benzene rings is 2. The van der Waals surface area contributed by atoms with E-state index in [2.05, 4.69) is 5.32 Å². The molecule has 1 N–H and O–H groups in total. The third-order valence-corrected chi connectivity index (χ3v) is 5.99. The second-order valence-electron chi connectivity index (χ2n) is 7.58. The minimum Gasteiger partial charge on any atom is -0.469 e. The first-order valence-electron chi connectivity index (χ1n) is 9.89. The Kier molecular flexibility index (Phi) is 5.83. The molecule has 0 bridgehead atoms. The summed E-state index contributed by atoms with van der Waals surface area (Å²) in [5, 5.41) is 4.00. The fourth-order valence-corrected chi connectivity index (χ4v) is 4.40. The number of fused-ring (bicyclic) bond motifs is 1. The number of nitrogens with one attached hydrogen (secondary N) is 1. The molecule has 0 spiro atoms. The molecular weight excluding hydrogens is 421 g/mol. The van der Waals surface area contributed by atoms with E-state index in [0.29, 0.717) is 17.6 Å². The van der Waals surface area contributed by atoms with Crippen LogP contribution in [-0.4, -0.2) is 25.0 Å². The summed E-state index contributed by atoms with van der Waals surface area (Å²) in [5.74, 6) is -1.97. The highest BCUT2D eigenvalue weighted by atomic mass is 35.5. The lowest BCUT2D eigenvalue weighted by molar-refractivity contribution is -0.143. The molecule has 1 amide bonds. The number of methoxy groups -OCH3 is 1. The Morgan fingerprint density at radius 2 is 2.00 bits per heavy atom. The highest BCUT2D eigenvalue weighted by Gasteiger charge is 2.35. The molecule has 0 aliphatic heterocycles. The van der Waals surface area contributed by atoms with Gasteiger partial charge in [0.25, 0.3) is 5.91 Å². The van der Waals surface area contributed by atoms with Gasteiger partial charge >= 0.3 is 5.97 Å². The maximum absolute atomic E-state index is 13.5. The number of carbonyl (C=O) groups excluding carboxylic acids is 2. The van der Waals surface area contributed by atoms with Crippen molar-refractivity contribution in [1.82, 2.24) is 5.32 Å². The Hall–Kier alpha value is -3.12. The molecule has 4 rings (SSSR count). The molecule has 160 valence electrons. The lowest BCUT2D eigenvalue weighted by Crippen LogP contribution is -2.34. The second-order valence-corrected chi connectivity index (χ2v) is 7.99. The fraction of sp³-hybridized carbons (Fsp3) is 0.250. The Bertz CT molecular complexity index is 1190. The van der Waals surface area contributed by atoms with Crippen LogP contribution in [0.4, 0.5) is 4.39 Å². The van der Waals surface area contributed by atoms with Crippen molar-refractivity contribution in [2.45, 2.75) is 25.3 Å². The Morgan fingerprint density at radius 3 is 2.71 bits per heavy atom. The van der Waals surface area contributed by atoms with Gasteiger partial charge in [-0.05, 0) is 43.0 Å². The largest absolute Gasteiger partial charge is 0.469 e. The minimum atomic E-state index is -0.704. The average molecular weight is 442 g/mol. The quantitative estimate of drug-likeness (QED) is 0.438. The van der Waals surface area contributed by atoms with Crippen molar-refractivity contribution in [3.63, 3.8) is 0 Å². The molecule has 0 fully saturated rings. The van der Waals surface area contributed by atoms with E-state index >= 15 is 0 Å². The zero-order chi connectivity index (χ0) is 22.1. The van der Waals surface area contributed by atoms with Crippen LogP contribution < -0.4 is 5.32 Å². The van der Waals surface area contributed by atoms with E-state index in [1.165, 1.54) is 25.3 Å². The van der Waals surface area contributed by atoms with E-state index in [0.717, 1.165) is 10.9 Å². The summed E-state index contributed by atoms with van der Waals surface area (Å²) in [4.78, 5) is 25.3. The van der Waals surface area contributed by atoms with Crippen molar-refractivity contribution >= 4 is 34.4 Å². The van der Waals surface area contributed by atoms with E-state index in [4.69, 9.17) is 20.8 Å².